The maximum Gasteiger partial charge on any atom is 0.123 e. The number of halogens is 1. The Morgan fingerprint density at radius 3 is 2.28 bits per heavy atom. The summed E-state index contributed by atoms with van der Waals surface area (Å²) in [6, 6.07) is 6.82. The maximum atomic E-state index is 12.9. The molecule has 1 aliphatic rings. The lowest BCUT2D eigenvalue weighted by molar-refractivity contribution is 0.123. The van der Waals surface area contributed by atoms with Crippen LogP contribution in [-0.2, 0) is 6.42 Å². The number of nitrogens with two attached hydrogens (primary N) is 1. The van der Waals surface area contributed by atoms with Gasteiger partial charge in [0.05, 0.1) is 0 Å². The van der Waals surface area contributed by atoms with E-state index in [0.717, 1.165) is 12.0 Å². The lowest BCUT2D eigenvalue weighted by Gasteiger charge is -2.41. The molecule has 0 aliphatic heterocycles. The molecule has 3 heteroatoms. The zero-order valence-electron chi connectivity index (χ0n) is 11.3. The fourth-order valence-electron chi connectivity index (χ4n) is 3.20. The first-order chi connectivity index (χ1) is 8.54. The number of hydrogen-bond donors (Lipinski definition) is 1. The van der Waals surface area contributed by atoms with Crippen LogP contribution in [0.15, 0.2) is 24.3 Å². The molecule has 2 N–H and O–H groups in total. The van der Waals surface area contributed by atoms with Crippen molar-refractivity contribution in [3.8, 4) is 0 Å². The van der Waals surface area contributed by atoms with Gasteiger partial charge >= 0.3 is 0 Å². The van der Waals surface area contributed by atoms with E-state index in [0.29, 0.717) is 0 Å². The van der Waals surface area contributed by atoms with Crippen LogP contribution in [0.2, 0.25) is 0 Å². The molecule has 0 aromatic heterocycles. The van der Waals surface area contributed by atoms with Crippen molar-refractivity contribution < 1.29 is 4.39 Å². The maximum absolute atomic E-state index is 12.9. The number of benzene rings is 1. The zero-order chi connectivity index (χ0) is 13.2. The minimum Gasteiger partial charge on any atom is -0.326 e. The summed E-state index contributed by atoms with van der Waals surface area (Å²) in [5.41, 5.74) is 7.69. The van der Waals surface area contributed by atoms with E-state index in [4.69, 9.17) is 5.73 Å². The Hall–Kier alpha value is -0.930. The topological polar surface area (TPSA) is 29.3 Å². The van der Waals surface area contributed by atoms with E-state index in [2.05, 4.69) is 19.0 Å². The summed E-state index contributed by atoms with van der Waals surface area (Å²) in [6.45, 7) is 0. The van der Waals surface area contributed by atoms with Gasteiger partial charge in [0, 0.05) is 11.6 Å². The van der Waals surface area contributed by atoms with Crippen LogP contribution in [0.25, 0.3) is 0 Å². The summed E-state index contributed by atoms with van der Waals surface area (Å²) < 4.78 is 12.9. The van der Waals surface area contributed by atoms with Gasteiger partial charge in [-0.05, 0) is 51.1 Å². The second-order valence-electron chi connectivity index (χ2n) is 5.64. The molecule has 1 unspecified atom stereocenters. The fraction of sp³-hybridized carbons (Fsp3) is 0.600. The van der Waals surface area contributed by atoms with Crippen molar-refractivity contribution in [3.63, 3.8) is 0 Å². The molecule has 2 rings (SSSR count). The molecule has 1 aliphatic carbocycles. The predicted molar refractivity (Wildman–Crippen MR) is 73.0 cm³/mol. The third-order valence-electron chi connectivity index (χ3n) is 4.42. The van der Waals surface area contributed by atoms with Crippen LogP contribution in [0.1, 0.15) is 31.2 Å². The van der Waals surface area contributed by atoms with Gasteiger partial charge in [-0.1, -0.05) is 25.0 Å². The third kappa shape index (κ3) is 2.57. The number of hydrogen-bond acceptors (Lipinski definition) is 2. The van der Waals surface area contributed by atoms with E-state index >= 15 is 0 Å². The van der Waals surface area contributed by atoms with Crippen LogP contribution in [0.4, 0.5) is 4.39 Å². The average Bonchev–Trinajstić information content (AvgIpc) is 2.82. The Morgan fingerprint density at radius 2 is 1.78 bits per heavy atom. The lowest BCUT2D eigenvalue weighted by Crippen LogP contribution is -2.56. The predicted octanol–water partition coefficient (Wildman–Crippen LogP) is 2.57. The summed E-state index contributed by atoms with van der Waals surface area (Å²) >= 11 is 0. The summed E-state index contributed by atoms with van der Waals surface area (Å²) in [5.74, 6) is -0.185. The van der Waals surface area contributed by atoms with Crippen molar-refractivity contribution >= 4 is 0 Å². The van der Waals surface area contributed by atoms with Crippen LogP contribution in [-0.4, -0.2) is 30.6 Å². The Balaban J connectivity index is 2.10. The van der Waals surface area contributed by atoms with E-state index in [1.165, 1.54) is 37.8 Å². The molecule has 1 fully saturated rings. The molecule has 1 saturated carbocycles. The molecule has 0 spiro atoms. The van der Waals surface area contributed by atoms with Gasteiger partial charge in [0.1, 0.15) is 5.82 Å². The van der Waals surface area contributed by atoms with Gasteiger partial charge in [-0.15, -0.1) is 0 Å². The highest BCUT2D eigenvalue weighted by Crippen LogP contribution is 2.36. The highest BCUT2D eigenvalue weighted by molar-refractivity contribution is 5.19. The van der Waals surface area contributed by atoms with Crippen molar-refractivity contribution in [3.05, 3.63) is 35.6 Å². The summed E-state index contributed by atoms with van der Waals surface area (Å²) in [4.78, 5) is 2.29. The molecule has 0 radical (unpaired) electrons. The van der Waals surface area contributed by atoms with Gasteiger partial charge in [0.2, 0.25) is 0 Å². The van der Waals surface area contributed by atoms with E-state index < -0.39 is 0 Å². The van der Waals surface area contributed by atoms with Crippen LogP contribution in [0.5, 0.6) is 0 Å². The second-order valence-corrected chi connectivity index (χ2v) is 5.64. The zero-order valence-corrected chi connectivity index (χ0v) is 11.3. The van der Waals surface area contributed by atoms with Crippen molar-refractivity contribution in [1.29, 1.82) is 0 Å². The molecule has 18 heavy (non-hydrogen) atoms. The van der Waals surface area contributed by atoms with Gasteiger partial charge < -0.3 is 10.6 Å². The highest BCUT2D eigenvalue weighted by atomic mass is 19.1. The minimum atomic E-state index is -0.185. The van der Waals surface area contributed by atoms with Crippen molar-refractivity contribution in [1.82, 2.24) is 4.90 Å². The molecule has 1 aromatic rings. The van der Waals surface area contributed by atoms with Gasteiger partial charge in [-0.25, -0.2) is 4.39 Å². The van der Waals surface area contributed by atoms with Crippen molar-refractivity contribution in [2.45, 2.75) is 43.7 Å². The van der Waals surface area contributed by atoms with Crippen LogP contribution >= 0.6 is 0 Å². The van der Waals surface area contributed by atoms with E-state index in [1.807, 2.05) is 12.1 Å². The SMILES string of the molecule is CN(C)C1(C(N)Cc2ccc(F)cc2)CCCC1. The molecule has 1 aromatic carbocycles. The molecule has 0 amide bonds. The first kappa shape index (κ1) is 13.5. The minimum absolute atomic E-state index is 0.112. The summed E-state index contributed by atoms with van der Waals surface area (Å²) in [7, 11) is 4.24. The fourth-order valence-corrected chi connectivity index (χ4v) is 3.20. The second kappa shape index (κ2) is 5.37. The van der Waals surface area contributed by atoms with Gasteiger partial charge in [0.15, 0.2) is 0 Å². The first-order valence-corrected chi connectivity index (χ1v) is 6.72. The van der Waals surface area contributed by atoms with E-state index in [1.54, 1.807) is 0 Å². The normalized spacial score (nSPS) is 20.3. The Morgan fingerprint density at radius 1 is 1.22 bits per heavy atom. The van der Waals surface area contributed by atoms with E-state index in [-0.39, 0.29) is 17.4 Å². The molecular formula is C15H23FN2. The van der Waals surface area contributed by atoms with Crippen LogP contribution < -0.4 is 5.73 Å². The Labute approximate surface area is 109 Å². The molecule has 2 nitrogen and oxygen atoms in total. The molecule has 0 saturated heterocycles. The molecule has 1 atom stereocenters. The standard InChI is InChI=1S/C15H23FN2/c1-18(2)15(9-3-4-10-15)14(17)11-12-5-7-13(16)8-6-12/h5-8,14H,3-4,9-11,17H2,1-2H3. The van der Waals surface area contributed by atoms with Crippen LogP contribution in [0.3, 0.4) is 0 Å². The van der Waals surface area contributed by atoms with Crippen LogP contribution in [0, 0.1) is 5.82 Å². The highest BCUT2D eigenvalue weighted by Gasteiger charge is 2.41. The average molecular weight is 250 g/mol. The Bertz CT molecular complexity index is 380. The van der Waals surface area contributed by atoms with Gasteiger partial charge in [-0.2, -0.15) is 0 Å². The monoisotopic (exact) mass is 250 g/mol. The number of likely N-dealkylation sites (N-methyl/N-ethyl adjacent to an activating group) is 1. The Kier molecular flexibility index (Phi) is 4.03. The molecular weight excluding hydrogens is 227 g/mol. The molecule has 0 bridgehead atoms. The quantitative estimate of drug-likeness (QED) is 0.890. The van der Waals surface area contributed by atoms with Gasteiger partial charge in [-0.3, -0.25) is 0 Å². The van der Waals surface area contributed by atoms with Crippen molar-refractivity contribution in [2.24, 2.45) is 5.73 Å². The first-order valence-electron chi connectivity index (χ1n) is 6.72. The summed E-state index contributed by atoms with van der Waals surface area (Å²) in [6.07, 6.45) is 5.67. The number of rotatable bonds is 4. The molecule has 0 heterocycles. The summed E-state index contributed by atoms with van der Waals surface area (Å²) in [5, 5.41) is 0. The number of nitrogens with zero attached hydrogens (tertiary/aromatic N) is 1. The van der Waals surface area contributed by atoms with Crippen molar-refractivity contribution in [2.75, 3.05) is 14.1 Å². The third-order valence-corrected chi connectivity index (χ3v) is 4.42. The van der Waals surface area contributed by atoms with Gasteiger partial charge in [0.25, 0.3) is 0 Å². The molecule has 100 valence electrons. The van der Waals surface area contributed by atoms with E-state index in [9.17, 15) is 4.39 Å². The largest absolute Gasteiger partial charge is 0.326 e. The smallest absolute Gasteiger partial charge is 0.123 e. The lowest BCUT2D eigenvalue weighted by atomic mass is 9.84.